The van der Waals surface area contributed by atoms with Crippen molar-refractivity contribution in [3.05, 3.63) is 42.6 Å². The molecule has 0 bridgehead atoms. The zero-order valence-electron chi connectivity index (χ0n) is 21.8. The standard InChI is InChI=1S/C28H37N7O2/c1-33-10-12-35(13-11-33)27-6-7-30-26(32-27)18-21-2-4-23(5-3-21)37-25-20-22(34-14-16-36-17-15-34)19-24-28(25)31-9-8-29-24/h6-9,19-21,23H,2-5,10-18H2,1H3. The third-order valence-electron chi connectivity index (χ3n) is 7.98. The zero-order valence-corrected chi connectivity index (χ0v) is 21.8. The van der Waals surface area contributed by atoms with Crippen molar-refractivity contribution < 1.29 is 9.47 Å². The summed E-state index contributed by atoms with van der Waals surface area (Å²) in [6.45, 7) is 7.49. The molecule has 0 unspecified atom stereocenters. The first-order chi connectivity index (χ1) is 18.2. The molecule has 196 valence electrons. The highest BCUT2D eigenvalue weighted by molar-refractivity contribution is 5.85. The second-order valence-electron chi connectivity index (χ2n) is 10.6. The van der Waals surface area contributed by atoms with Gasteiger partial charge in [0.1, 0.15) is 22.9 Å². The van der Waals surface area contributed by atoms with Crippen molar-refractivity contribution in [2.24, 2.45) is 5.92 Å². The predicted molar refractivity (Wildman–Crippen MR) is 144 cm³/mol. The molecule has 0 radical (unpaired) electrons. The summed E-state index contributed by atoms with van der Waals surface area (Å²) in [5.74, 6) is 3.49. The normalized spacial score (nSPS) is 23.4. The first kappa shape index (κ1) is 24.3. The second-order valence-corrected chi connectivity index (χ2v) is 10.6. The van der Waals surface area contributed by atoms with Crippen LogP contribution in [-0.2, 0) is 11.2 Å². The van der Waals surface area contributed by atoms with E-state index in [1.807, 2.05) is 6.20 Å². The molecule has 0 atom stereocenters. The van der Waals surface area contributed by atoms with Crippen LogP contribution >= 0.6 is 0 Å². The molecule has 3 aliphatic rings. The van der Waals surface area contributed by atoms with Crippen LogP contribution in [0, 0.1) is 5.92 Å². The topological polar surface area (TPSA) is 79.7 Å². The van der Waals surface area contributed by atoms with Crippen LogP contribution in [-0.4, -0.2) is 90.5 Å². The Kier molecular flexibility index (Phi) is 7.32. The first-order valence-corrected chi connectivity index (χ1v) is 13.7. The molecule has 1 saturated carbocycles. The van der Waals surface area contributed by atoms with Gasteiger partial charge in [-0.2, -0.15) is 0 Å². The van der Waals surface area contributed by atoms with Gasteiger partial charge in [0.2, 0.25) is 0 Å². The fourth-order valence-corrected chi connectivity index (χ4v) is 5.71. The van der Waals surface area contributed by atoms with Crippen LogP contribution in [0.5, 0.6) is 5.75 Å². The van der Waals surface area contributed by atoms with E-state index in [1.165, 1.54) is 0 Å². The van der Waals surface area contributed by atoms with Crippen LogP contribution in [0.1, 0.15) is 31.5 Å². The highest BCUT2D eigenvalue weighted by Crippen LogP contribution is 2.34. The third-order valence-corrected chi connectivity index (χ3v) is 7.98. The van der Waals surface area contributed by atoms with E-state index < -0.39 is 0 Å². The van der Waals surface area contributed by atoms with Crippen molar-refractivity contribution in [1.82, 2.24) is 24.8 Å². The number of fused-ring (bicyclic) bond motifs is 1. The van der Waals surface area contributed by atoms with Crippen molar-refractivity contribution in [2.45, 2.75) is 38.2 Å². The molecule has 9 heteroatoms. The molecule has 2 saturated heterocycles. The minimum Gasteiger partial charge on any atom is -0.488 e. The summed E-state index contributed by atoms with van der Waals surface area (Å²) < 4.78 is 12.1. The van der Waals surface area contributed by atoms with Crippen molar-refractivity contribution >= 4 is 22.5 Å². The molecule has 2 aromatic heterocycles. The largest absolute Gasteiger partial charge is 0.488 e. The first-order valence-electron chi connectivity index (χ1n) is 13.7. The molecule has 0 N–H and O–H groups in total. The third kappa shape index (κ3) is 5.78. The molecule has 0 amide bonds. The van der Waals surface area contributed by atoms with Crippen molar-refractivity contribution in [3.8, 4) is 5.75 Å². The summed E-state index contributed by atoms with van der Waals surface area (Å²) in [4.78, 5) is 25.8. The number of hydrogen-bond donors (Lipinski definition) is 0. The summed E-state index contributed by atoms with van der Waals surface area (Å²) in [5.41, 5.74) is 2.86. The van der Waals surface area contributed by atoms with Crippen LogP contribution < -0.4 is 14.5 Å². The number of anilines is 2. The lowest BCUT2D eigenvalue weighted by molar-refractivity contribution is 0.122. The van der Waals surface area contributed by atoms with E-state index in [0.717, 1.165) is 119 Å². The molecular formula is C28H37N7O2. The maximum absolute atomic E-state index is 6.60. The Morgan fingerprint density at radius 3 is 2.46 bits per heavy atom. The van der Waals surface area contributed by atoms with Gasteiger partial charge in [0.15, 0.2) is 0 Å². The van der Waals surface area contributed by atoms with Crippen LogP contribution in [0.25, 0.3) is 11.0 Å². The molecule has 1 aliphatic carbocycles. The molecule has 0 spiro atoms. The minimum atomic E-state index is 0.194. The average molecular weight is 504 g/mol. The number of hydrogen-bond acceptors (Lipinski definition) is 9. The van der Waals surface area contributed by atoms with Gasteiger partial charge in [-0.25, -0.2) is 15.0 Å². The van der Waals surface area contributed by atoms with Gasteiger partial charge >= 0.3 is 0 Å². The highest BCUT2D eigenvalue weighted by atomic mass is 16.5. The van der Waals surface area contributed by atoms with Crippen LogP contribution in [0.15, 0.2) is 36.8 Å². The molecule has 37 heavy (non-hydrogen) atoms. The van der Waals surface area contributed by atoms with Gasteiger partial charge in [-0.15, -0.1) is 0 Å². The molecule has 3 aromatic rings. The van der Waals surface area contributed by atoms with Gasteiger partial charge in [0, 0.05) is 76.0 Å². The lowest BCUT2D eigenvalue weighted by Crippen LogP contribution is -2.44. The van der Waals surface area contributed by atoms with Gasteiger partial charge in [-0.05, 0) is 50.8 Å². The van der Waals surface area contributed by atoms with E-state index in [0.29, 0.717) is 5.92 Å². The van der Waals surface area contributed by atoms with Crippen molar-refractivity contribution in [1.29, 1.82) is 0 Å². The van der Waals surface area contributed by atoms with Crippen molar-refractivity contribution in [2.75, 3.05) is 69.3 Å². The molecule has 3 fully saturated rings. The molecule has 1 aromatic carbocycles. The Labute approximate surface area is 218 Å². The number of rotatable bonds is 6. The van der Waals surface area contributed by atoms with E-state index in [4.69, 9.17) is 14.5 Å². The summed E-state index contributed by atoms with van der Waals surface area (Å²) in [7, 11) is 2.18. The van der Waals surface area contributed by atoms with E-state index in [9.17, 15) is 0 Å². The van der Waals surface area contributed by atoms with Gasteiger partial charge in [0.25, 0.3) is 0 Å². The van der Waals surface area contributed by atoms with Gasteiger partial charge < -0.3 is 24.2 Å². The van der Waals surface area contributed by atoms with E-state index in [-0.39, 0.29) is 6.10 Å². The number of aromatic nitrogens is 4. The summed E-state index contributed by atoms with van der Waals surface area (Å²) in [6.07, 6.45) is 10.9. The molecule has 2 aliphatic heterocycles. The SMILES string of the molecule is CN1CCN(c2ccnc(CC3CCC(Oc4cc(N5CCOCC5)cc5nccnc45)CC3)n2)CC1. The Morgan fingerprint density at radius 1 is 0.865 bits per heavy atom. The van der Waals surface area contributed by atoms with Gasteiger partial charge in [-0.3, -0.25) is 4.98 Å². The summed E-state index contributed by atoms with van der Waals surface area (Å²) in [6, 6.07) is 6.32. The Hall–Kier alpha value is -3.04. The minimum absolute atomic E-state index is 0.194. The predicted octanol–water partition coefficient (Wildman–Crippen LogP) is 3.19. The number of benzene rings is 1. The zero-order chi connectivity index (χ0) is 25.0. The van der Waals surface area contributed by atoms with Gasteiger partial charge in [-0.1, -0.05) is 0 Å². The molecule has 6 rings (SSSR count). The summed E-state index contributed by atoms with van der Waals surface area (Å²) >= 11 is 0. The number of nitrogens with zero attached hydrogens (tertiary/aromatic N) is 7. The molecule has 9 nitrogen and oxygen atoms in total. The Morgan fingerprint density at radius 2 is 1.65 bits per heavy atom. The summed E-state index contributed by atoms with van der Waals surface area (Å²) in [5, 5.41) is 0. The smallest absolute Gasteiger partial charge is 0.149 e. The monoisotopic (exact) mass is 503 g/mol. The second kappa shape index (κ2) is 11.1. The quantitative estimate of drug-likeness (QED) is 0.504. The van der Waals surface area contributed by atoms with Crippen LogP contribution in [0.2, 0.25) is 0 Å². The number of likely N-dealkylation sites (N-methyl/N-ethyl adjacent to an activating group) is 1. The Balaban J connectivity index is 1.08. The van der Waals surface area contributed by atoms with Crippen LogP contribution in [0.4, 0.5) is 11.5 Å². The van der Waals surface area contributed by atoms with Crippen LogP contribution in [0.3, 0.4) is 0 Å². The number of morpholine rings is 1. The highest BCUT2D eigenvalue weighted by Gasteiger charge is 2.25. The Bertz CT molecular complexity index is 1190. The fraction of sp³-hybridized carbons (Fsp3) is 0.571. The number of piperazine rings is 1. The van der Waals surface area contributed by atoms with E-state index in [2.05, 4.69) is 54.9 Å². The van der Waals surface area contributed by atoms with E-state index in [1.54, 1.807) is 12.4 Å². The van der Waals surface area contributed by atoms with Gasteiger partial charge in [0.05, 0.1) is 24.8 Å². The average Bonchev–Trinajstić information content (AvgIpc) is 2.95. The maximum atomic E-state index is 6.60. The van der Waals surface area contributed by atoms with E-state index >= 15 is 0 Å². The lowest BCUT2D eigenvalue weighted by Gasteiger charge is -2.33. The molecular weight excluding hydrogens is 466 g/mol. The molecule has 4 heterocycles. The lowest BCUT2D eigenvalue weighted by atomic mass is 9.85. The number of ether oxygens (including phenoxy) is 2. The van der Waals surface area contributed by atoms with Crippen molar-refractivity contribution in [3.63, 3.8) is 0 Å². The fourth-order valence-electron chi connectivity index (χ4n) is 5.71. The maximum Gasteiger partial charge on any atom is 0.149 e.